The summed E-state index contributed by atoms with van der Waals surface area (Å²) >= 11 is 0. The molecule has 2 aromatic heterocycles. The quantitative estimate of drug-likeness (QED) is 0.488. The summed E-state index contributed by atoms with van der Waals surface area (Å²) in [7, 11) is 0. The van der Waals surface area contributed by atoms with Gasteiger partial charge in [0, 0.05) is 81.3 Å². The van der Waals surface area contributed by atoms with Crippen molar-refractivity contribution >= 4 is 17.2 Å². The molecule has 2 saturated heterocycles. The van der Waals surface area contributed by atoms with Crippen LogP contribution in [-0.2, 0) is 16.6 Å². The Morgan fingerprint density at radius 3 is 2.73 bits per heavy atom. The van der Waals surface area contributed by atoms with Crippen molar-refractivity contribution in [3.8, 4) is 0 Å². The van der Waals surface area contributed by atoms with Crippen LogP contribution in [0.25, 0.3) is 5.65 Å². The summed E-state index contributed by atoms with van der Waals surface area (Å²) in [5, 5.41) is 11.7. The van der Waals surface area contributed by atoms with E-state index < -0.39 is 0 Å². The predicted molar refractivity (Wildman–Crippen MR) is 154 cm³/mol. The maximum absolute atomic E-state index is 14.1. The fourth-order valence-electron chi connectivity index (χ4n) is 6.69. The van der Waals surface area contributed by atoms with Crippen molar-refractivity contribution in [3.05, 3.63) is 59.3 Å². The fraction of sp³-hybridized carbons (Fsp3) is 0.567. The van der Waals surface area contributed by atoms with Crippen LogP contribution in [0.15, 0.2) is 36.7 Å². The van der Waals surface area contributed by atoms with Crippen LogP contribution in [0.3, 0.4) is 0 Å². The van der Waals surface area contributed by atoms with Crippen LogP contribution in [0, 0.1) is 5.82 Å². The van der Waals surface area contributed by atoms with Gasteiger partial charge in [0.15, 0.2) is 5.65 Å². The van der Waals surface area contributed by atoms with E-state index in [2.05, 4.69) is 64.3 Å². The molecule has 0 bridgehead atoms. The molecule has 6 rings (SSSR count). The van der Waals surface area contributed by atoms with Crippen molar-refractivity contribution in [1.82, 2.24) is 35.0 Å². The maximum atomic E-state index is 14.1. The van der Waals surface area contributed by atoms with E-state index in [4.69, 9.17) is 0 Å². The molecule has 0 spiro atoms. The number of aromatic nitrogens is 3. The summed E-state index contributed by atoms with van der Waals surface area (Å²) in [5.41, 5.74) is 4.38. The lowest BCUT2D eigenvalue weighted by Crippen LogP contribution is -2.62. The molecular weight excluding hydrogens is 507 g/mol. The Morgan fingerprint density at radius 1 is 1.15 bits per heavy atom. The van der Waals surface area contributed by atoms with Gasteiger partial charge in [-0.15, -0.1) is 0 Å². The average Bonchev–Trinajstić information content (AvgIpc) is 3.50. The van der Waals surface area contributed by atoms with Crippen molar-refractivity contribution in [2.75, 3.05) is 57.3 Å². The van der Waals surface area contributed by atoms with Gasteiger partial charge in [-0.25, -0.2) is 13.9 Å². The van der Waals surface area contributed by atoms with E-state index in [1.807, 2.05) is 9.42 Å². The molecule has 0 aliphatic carbocycles. The number of piperazine rings is 2. The molecule has 1 amide bonds. The molecule has 3 aliphatic heterocycles. The number of hydrogen-bond acceptors (Lipinski definition) is 7. The molecule has 3 aromatic rings. The molecule has 1 aromatic carbocycles. The molecule has 2 fully saturated rings. The number of anilines is 1. The van der Waals surface area contributed by atoms with Crippen molar-refractivity contribution in [1.29, 1.82) is 0 Å². The fourth-order valence-corrected chi connectivity index (χ4v) is 6.69. The number of nitrogens with zero attached hydrogens (tertiary/aromatic N) is 6. The van der Waals surface area contributed by atoms with Crippen molar-refractivity contribution in [3.63, 3.8) is 0 Å². The second kappa shape index (κ2) is 10.8. The number of halogens is 1. The van der Waals surface area contributed by atoms with E-state index in [1.54, 1.807) is 18.5 Å². The molecule has 0 saturated carbocycles. The number of benzene rings is 1. The first-order chi connectivity index (χ1) is 19.2. The molecule has 2 N–H and O–H groups in total. The molecule has 5 heterocycles. The van der Waals surface area contributed by atoms with Gasteiger partial charge in [-0.1, -0.05) is 26.0 Å². The van der Waals surface area contributed by atoms with Gasteiger partial charge in [0.05, 0.1) is 17.9 Å². The van der Waals surface area contributed by atoms with Crippen LogP contribution in [0.1, 0.15) is 44.5 Å². The summed E-state index contributed by atoms with van der Waals surface area (Å²) in [5.74, 6) is -0.137. The zero-order valence-electron chi connectivity index (χ0n) is 24.0. The molecular formula is C30H41FN8O. The lowest BCUT2D eigenvalue weighted by atomic mass is 9.90. The summed E-state index contributed by atoms with van der Waals surface area (Å²) < 4.78 is 15.5. The second-order valence-electron chi connectivity index (χ2n) is 12.5. The highest BCUT2D eigenvalue weighted by atomic mass is 19.1. The highest BCUT2D eigenvalue weighted by molar-refractivity contribution is 5.97. The van der Waals surface area contributed by atoms with Crippen LogP contribution in [0.2, 0.25) is 0 Å². The first-order valence-corrected chi connectivity index (χ1v) is 14.5. The number of carbonyl (C=O) groups is 1. The highest BCUT2D eigenvalue weighted by Crippen LogP contribution is 2.42. The minimum absolute atomic E-state index is 0.117. The van der Waals surface area contributed by atoms with Gasteiger partial charge >= 0.3 is 0 Å². The second-order valence-corrected chi connectivity index (χ2v) is 12.5. The van der Waals surface area contributed by atoms with E-state index >= 15 is 0 Å². The Labute approximate surface area is 235 Å². The molecule has 3 atom stereocenters. The summed E-state index contributed by atoms with van der Waals surface area (Å²) in [6.45, 7) is 15.5. The molecule has 3 aliphatic rings. The number of rotatable bonds is 6. The third kappa shape index (κ3) is 5.25. The standard InChI is InChI=1S/C30H41FN8O/c1-20-15-37(25(14-33-20)16-36-10-9-32-13-21(36)2)17-27(40)38-18-30(3,4)28-26(38)12-23(29-34-19-35-39(28)29)11-22-5-7-24(31)8-6-22/h5-8,12,19-21,25,32-33H,9-11,13-18H2,1-4H3/t20-,21-,25-/m1/s1. The normalized spacial score (nSPS) is 25.4. The SMILES string of the molecule is C[C@@H]1CN(CC(=O)N2CC(C)(C)c3c2cc(Cc2ccc(F)cc2)c2ncnn32)[C@@H](CN2CCNC[C@H]2C)CN1. The minimum atomic E-state index is -0.280. The Kier molecular flexibility index (Phi) is 7.37. The topological polar surface area (TPSA) is 81.0 Å². The zero-order chi connectivity index (χ0) is 28.0. The van der Waals surface area contributed by atoms with Gasteiger partial charge in [0.2, 0.25) is 5.91 Å². The van der Waals surface area contributed by atoms with Gasteiger partial charge in [0.1, 0.15) is 12.1 Å². The minimum Gasteiger partial charge on any atom is -0.314 e. The van der Waals surface area contributed by atoms with Crippen LogP contribution in [-0.4, -0.2) is 101 Å². The number of hydrogen-bond donors (Lipinski definition) is 2. The van der Waals surface area contributed by atoms with Gasteiger partial charge in [-0.05, 0) is 37.6 Å². The molecule has 10 heteroatoms. The molecule has 9 nitrogen and oxygen atoms in total. The van der Waals surface area contributed by atoms with Gasteiger partial charge in [-0.2, -0.15) is 5.10 Å². The number of amides is 1. The van der Waals surface area contributed by atoms with E-state index in [1.165, 1.54) is 12.1 Å². The predicted octanol–water partition coefficient (Wildman–Crippen LogP) is 2.04. The summed E-state index contributed by atoms with van der Waals surface area (Å²) in [6, 6.07) is 9.77. The van der Waals surface area contributed by atoms with E-state index in [0.29, 0.717) is 31.6 Å². The van der Waals surface area contributed by atoms with Crippen molar-refractivity contribution < 1.29 is 9.18 Å². The van der Waals surface area contributed by atoms with Crippen molar-refractivity contribution in [2.24, 2.45) is 0 Å². The highest BCUT2D eigenvalue weighted by Gasteiger charge is 2.42. The van der Waals surface area contributed by atoms with Crippen LogP contribution in [0.5, 0.6) is 0 Å². The van der Waals surface area contributed by atoms with E-state index in [9.17, 15) is 9.18 Å². The third-order valence-corrected chi connectivity index (χ3v) is 8.84. The van der Waals surface area contributed by atoms with Crippen LogP contribution in [0.4, 0.5) is 10.1 Å². The molecule has 0 radical (unpaired) electrons. The number of carbonyl (C=O) groups excluding carboxylic acids is 1. The first-order valence-electron chi connectivity index (χ1n) is 14.5. The van der Waals surface area contributed by atoms with E-state index in [-0.39, 0.29) is 23.2 Å². The van der Waals surface area contributed by atoms with Crippen LogP contribution >= 0.6 is 0 Å². The lowest BCUT2D eigenvalue weighted by molar-refractivity contribution is -0.120. The Bertz CT molecular complexity index is 1370. The third-order valence-electron chi connectivity index (χ3n) is 8.84. The molecule has 214 valence electrons. The summed E-state index contributed by atoms with van der Waals surface area (Å²) in [4.78, 5) is 25.6. The Balaban J connectivity index is 1.28. The number of fused-ring (bicyclic) bond motifs is 3. The monoisotopic (exact) mass is 548 g/mol. The smallest absolute Gasteiger partial charge is 0.241 e. The zero-order valence-corrected chi connectivity index (χ0v) is 24.0. The lowest BCUT2D eigenvalue weighted by Gasteiger charge is -2.44. The summed E-state index contributed by atoms with van der Waals surface area (Å²) in [6.07, 6.45) is 2.16. The average molecular weight is 549 g/mol. The Hall–Kier alpha value is -2.92. The van der Waals surface area contributed by atoms with E-state index in [0.717, 1.165) is 67.4 Å². The molecule has 0 unspecified atom stereocenters. The number of pyridine rings is 1. The molecule has 40 heavy (non-hydrogen) atoms. The first kappa shape index (κ1) is 27.3. The maximum Gasteiger partial charge on any atom is 0.241 e. The Morgan fingerprint density at radius 2 is 1.95 bits per heavy atom. The van der Waals surface area contributed by atoms with Gasteiger partial charge in [0.25, 0.3) is 0 Å². The van der Waals surface area contributed by atoms with Gasteiger partial charge < -0.3 is 15.5 Å². The number of nitrogens with one attached hydrogen (secondary N) is 2. The largest absolute Gasteiger partial charge is 0.314 e. The van der Waals surface area contributed by atoms with Crippen molar-refractivity contribution in [2.45, 2.75) is 57.7 Å². The van der Waals surface area contributed by atoms with Crippen LogP contribution < -0.4 is 15.5 Å². The van der Waals surface area contributed by atoms with Gasteiger partial charge in [-0.3, -0.25) is 14.6 Å².